The third kappa shape index (κ3) is 2.95. The van der Waals surface area contributed by atoms with Crippen molar-refractivity contribution in [2.45, 2.75) is 48.8 Å². The van der Waals surface area contributed by atoms with E-state index < -0.39 is 21.0 Å². The molecule has 5 nitrogen and oxygen atoms in total. The number of para-hydroxylation sites is 1. The molecule has 0 aromatic heterocycles. The average molecular weight is 296 g/mol. The molecule has 0 aliphatic heterocycles. The molecule has 1 fully saturated rings. The zero-order chi connectivity index (χ0) is 14.8. The van der Waals surface area contributed by atoms with E-state index in [0.29, 0.717) is 0 Å². The summed E-state index contributed by atoms with van der Waals surface area (Å²) in [7, 11) is -3.75. The summed E-state index contributed by atoms with van der Waals surface area (Å²) in [5.41, 5.74) is 5.87. The zero-order valence-corrected chi connectivity index (χ0v) is 12.3. The first-order valence-corrected chi connectivity index (χ1v) is 8.36. The van der Waals surface area contributed by atoms with E-state index in [4.69, 9.17) is 5.73 Å². The number of hydrogen-bond donors (Lipinski definition) is 2. The maximum Gasteiger partial charge on any atom is 0.238 e. The van der Waals surface area contributed by atoms with E-state index >= 15 is 0 Å². The molecule has 1 atom stereocenters. The fourth-order valence-electron chi connectivity index (χ4n) is 2.46. The molecule has 1 aliphatic carbocycles. The van der Waals surface area contributed by atoms with Crippen LogP contribution >= 0.6 is 0 Å². The van der Waals surface area contributed by atoms with E-state index in [0.717, 1.165) is 25.7 Å². The number of nitrogen functional groups attached to an aromatic ring is 1. The number of carbonyl (C=O) groups excluding carboxylic acids is 1. The Kier molecular flexibility index (Phi) is 4.32. The van der Waals surface area contributed by atoms with E-state index in [2.05, 4.69) is 5.32 Å². The number of amides is 1. The quantitative estimate of drug-likeness (QED) is 0.824. The van der Waals surface area contributed by atoms with Crippen LogP contribution in [0.15, 0.2) is 29.2 Å². The molecule has 0 spiro atoms. The molecule has 1 amide bonds. The van der Waals surface area contributed by atoms with E-state index in [1.54, 1.807) is 12.1 Å². The molecule has 3 N–H and O–H groups in total. The fourth-order valence-corrected chi connectivity index (χ4v) is 3.86. The molecule has 0 saturated heterocycles. The lowest BCUT2D eigenvalue weighted by Crippen LogP contribution is -2.42. The molecule has 0 radical (unpaired) electrons. The first-order chi connectivity index (χ1) is 9.43. The van der Waals surface area contributed by atoms with Gasteiger partial charge in [-0.25, -0.2) is 8.42 Å². The summed E-state index contributed by atoms with van der Waals surface area (Å²) in [4.78, 5) is 12.1. The Balaban J connectivity index is 2.16. The molecule has 1 unspecified atom stereocenters. The van der Waals surface area contributed by atoms with Crippen LogP contribution in [-0.4, -0.2) is 25.6 Å². The minimum Gasteiger partial charge on any atom is -0.398 e. The normalized spacial score (nSPS) is 17.9. The number of hydrogen-bond acceptors (Lipinski definition) is 4. The van der Waals surface area contributed by atoms with Crippen molar-refractivity contribution in [2.75, 3.05) is 5.73 Å². The van der Waals surface area contributed by atoms with Gasteiger partial charge in [-0.05, 0) is 31.9 Å². The van der Waals surface area contributed by atoms with Crippen LogP contribution in [-0.2, 0) is 14.6 Å². The van der Waals surface area contributed by atoms with Crippen LogP contribution in [0.5, 0.6) is 0 Å². The van der Waals surface area contributed by atoms with Crippen molar-refractivity contribution < 1.29 is 13.2 Å². The van der Waals surface area contributed by atoms with Gasteiger partial charge in [0.2, 0.25) is 5.91 Å². The Hall–Kier alpha value is -1.56. The van der Waals surface area contributed by atoms with Gasteiger partial charge < -0.3 is 11.1 Å². The molecule has 20 heavy (non-hydrogen) atoms. The Morgan fingerprint density at radius 3 is 2.50 bits per heavy atom. The lowest BCUT2D eigenvalue weighted by molar-refractivity contribution is -0.121. The lowest BCUT2D eigenvalue weighted by atomic mass is 10.2. The highest BCUT2D eigenvalue weighted by molar-refractivity contribution is 7.93. The van der Waals surface area contributed by atoms with Gasteiger partial charge in [-0.2, -0.15) is 0 Å². The number of sulfone groups is 1. The van der Waals surface area contributed by atoms with Crippen LogP contribution in [0.4, 0.5) is 5.69 Å². The monoisotopic (exact) mass is 296 g/mol. The Labute approximate surface area is 119 Å². The van der Waals surface area contributed by atoms with Gasteiger partial charge in [0.25, 0.3) is 0 Å². The first-order valence-electron chi connectivity index (χ1n) is 6.81. The molecule has 1 aromatic carbocycles. The molecule has 1 aliphatic rings. The summed E-state index contributed by atoms with van der Waals surface area (Å²) in [6, 6.07) is 6.33. The van der Waals surface area contributed by atoms with Crippen LogP contribution in [0.2, 0.25) is 0 Å². The van der Waals surface area contributed by atoms with Crippen LogP contribution < -0.4 is 11.1 Å². The van der Waals surface area contributed by atoms with E-state index in [1.807, 2.05) is 0 Å². The van der Waals surface area contributed by atoms with Crippen molar-refractivity contribution in [2.24, 2.45) is 0 Å². The smallest absolute Gasteiger partial charge is 0.238 e. The second-order valence-corrected chi connectivity index (χ2v) is 7.45. The van der Waals surface area contributed by atoms with Crippen LogP contribution in [0.1, 0.15) is 32.6 Å². The number of nitrogens with two attached hydrogens (primary N) is 1. The minimum absolute atomic E-state index is 0.0223. The molecular formula is C14H20N2O3S. The van der Waals surface area contributed by atoms with Crippen molar-refractivity contribution in [3.05, 3.63) is 24.3 Å². The van der Waals surface area contributed by atoms with Crippen LogP contribution in [0.25, 0.3) is 0 Å². The number of benzene rings is 1. The van der Waals surface area contributed by atoms with E-state index in [-0.39, 0.29) is 16.6 Å². The summed E-state index contributed by atoms with van der Waals surface area (Å²) in [5, 5.41) is 1.68. The summed E-state index contributed by atoms with van der Waals surface area (Å²) in [6.07, 6.45) is 4.01. The fraction of sp³-hybridized carbons (Fsp3) is 0.500. The largest absolute Gasteiger partial charge is 0.398 e. The minimum atomic E-state index is -3.75. The molecule has 110 valence electrons. The van der Waals surface area contributed by atoms with Crippen molar-refractivity contribution in [1.82, 2.24) is 5.32 Å². The molecule has 1 aromatic rings. The zero-order valence-electron chi connectivity index (χ0n) is 11.5. The van der Waals surface area contributed by atoms with Crippen molar-refractivity contribution in [1.29, 1.82) is 0 Å². The highest BCUT2D eigenvalue weighted by Crippen LogP contribution is 2.23. The predicted molar refractivity (Wildman–Crippen MR) is 77.9 cm³/mol. The van der Waals surface area contributed by atoms with Gasteiger partial charge in [-0.15, -0.1) is 0 Å². The molecule has 1 saturated carbocycles. The number of anilines is 1. The predicted octanol–water partition coefficient (Wildman–Crippen LogP) is 1.49. The first kappa shape index (κ1) is 14.8. The second-order valence-electron chi connectivity index (χ2n) is 5.22. The Morgan fingerprint density at radius 1 is 1.30 bits per heavy atom. The summed E-state index contributed by atoms with van der Waals surface area (Å²) < 4.78 is 24.9. The van der Waals surface area contributed by atoms with Crippen LogP contribution in [0, 0.1) is 0 Å². The van der Waals surface area contributed by atoms with Crippen molar-refractivity contribution >= 4 is 21.4 Å². The molecule has 6 heteroatoms. The summed E-state index contributed by atoms with van der Waals surface area (Å²) in [5.74, 6) is -0.444. The molecular weight excluding hydrogens is 276 g/mol. The van der Waals surface area contributed by atoms with E-state index in [1.165, 1.54) is 19.1 Å². The van der Waals surface area contributed by atoms with Gasteiger partial charge in [-0.3, -0.25) is 4.79 Å². The van der Waals surface area contributed by atoms with Gasteiger partial charge in [0.05, 0.1) is 10.6 Å². The maximum atomic E-state index is 12.4. The highest BCUT2D eigenvalue weighted by Gasteiger charge is 2.32. The average Bonchev–Trinajstić information content (AvgIpc) is 2.90. The topological polar surface area (TPSA) is 89.3 Å². The van der Waals surface area contributed by atoms with Gasteiger partial charge in [0.15, 0.2) is 9.84 Å². The Bertz CT molecular complexity index is 592. The third-order valence-corrected chi connectivity index (χ3v) is 5.89. The SMILES string of the molecule is CC(C(=O)NC1CCCC1)S(=O)(=O)c1ccccc1N. The van der Waals surface area contributed by atoms with Crippen molar-refractivity contribution in [3.63, 3.8) is 0 Å². The third-order valence-electron chi connectivity index (χ3n) is 3.76. The highest BCUT2D eigenvalue weighted by atomic mass is 32.2. The van der Waals surface area contributed by atoms with Gasteiger partial charge >= 0.3 is 0 Å². The molecule has 0 bridgehead atoms. The number of rotatable bonds is 4. The number of carbonyl (C=O) groups is 1. The van der Waals surface area contributed by atoms with E-state index in [9.17, 15) is 13.2 Å². The van der Waals surface area contributed by atoms with Crippen LogP contribution in [0.3, 0.4) is 0 Å². The molecule has 0 heterocycles. The molecule has 2 rings (SSSR count). The summed E-state index contributed by atoms with van der Waals surface area (Å²) >= 11 is 0. The van der Waals surface area contributed by atoms with Gasteiger partial charge in [0, 0.05) is 6.04 Å². The second kappa shape index (κ2) is 5.83. The van der Waals surface area contributed by atoms with Gasteiger partial charge in [-0.1, -0.05) is 25.0 Å². The number of nitrogens with one attached hydrogen (secondary N) is 1. The maximum absolute atomic E-state index is 12.4. The Morgan fingerprint density at radius 2 is 1.90 bits per heavy atom. The summed E-state index contributed by atoms with van der Waals surface area (Å²) in [6.45, 7) is 1.41. The lowest BCUT2D eigenvalue weighted by Gasteiger charge is -2.17. The van der Waals surface area contributed by atoms with Crippen molar-refractivity contribution in [3.8, 4) is 0 Å². The standard InChI is InChI=1S/C14H20N2O3S/c1-10(14(17)16-11-6-2-3-7-11)20(18,19)13-9-5-4-8-12(13)15/h4-5,8-11H,2-3,6-7,15H2,1H3,(H,16,17). The van der Waals surface area contributed by atoms with Gasteiger partial charge in [0.1, 0.15) is 5.25 Å².